The van der Waals surface area contributed by atoms with E-state index in [2.05, 4.69) is 13.8 Å². The zero-order chi connectivity index (χ0) is 42.8. The highest BCUT2D eigenvalue weighted by atomic mass is 16.6. The molecule has 0 aliphatic rings. The number of carbonyl (C=O) groups is 3. The first kappa shape index (κ1) is 56.3. The SMILES string of the molecule is CCCCCCCCCCCCCCCCCCCCCCC(=O)OCC(COCCC(C(=O)O)[N+](C)(C)C)OC(=O)CCCCCCCCCCCCCCCC. The van der Waals surface area contributed by atoms with Crippen molar-refractivity contribution in [3.63, 3.8) is 0 Å². The molecule has 0 rings (SSSR count). The molecule has 0 aliphatic heterocycles. The van der Waals surface area contributed by atoms with Crippen LogP contribution in [0, 0.1) is 0 Å². The second-order valence-corrected chi connectivity index (χ2v) is 18.4. The van der Waals surface area contributed by atoms with E-state index in [1.54, 1.807) is 0 Å². The van der Waals surface area contributed by atoms with E-state index in [0.29, 0.717) is 19.3 Å². The number of esters is 2. The molecule has 0 spiro atoms. The number of carboxylic acid groups (broad SMARTS) is 1. The zero-order valence-corrected chi connectivity index (χ0v) is 39.3. The number of ether oxygens (including phenoxy) is 3. The predicted molar refractivity (Wildman–Crippen MR) is 243 cm³/mol. The summed E-state index contributed by atoms with van der Waals surface area (Å²) in [5, 5.41) is 9.64. The number of carboxylic acids is 1. The fourth-order valence-electron chi connectivity index (χ4n) is 7.86. The number of hydrogen-bond donors (Lipinski definition) is 1. The van der Waals surface area contributed by atoms with Crippen LogP contribution in [0.25, 0.3) is 0 Å². The van der Waals surface area contributed by atoms with Gasteiger partial charge >= 0.3 is 17.9 Å². The van der Waals surface area contributed by atoms with Crippen molar-refractivity contribution < 1.29 is 38.2 Å². The van der Waals surface area contributed by atoms with Gasteiger partial charge in [0.2, 0.25) is 0 Å². The van der Waals surface area contributed by atoms with Crippen LogP contribution in [0.1, 0.15) is 251 Å². The van der Waals surface area contributed by atoms with Gasteiger partial charge in [0.15, 0.2) is 12.1 Å². The van der Waals surface area contributed by atoms with E-state index in [1.165, 1.54) is 180 Å². The second-order valence-electron chi connectivity index (χ2n) is 18.4. The fraction of sp³-hybridized carbons (Fsp3) is 0.940. The molecule has 0 saturated heterocycles. The summed E-state index contributed by atoms with van der Waals surface area (Å²) in [7, 11) is 5.55. The molecule has 0 aromatic carbocycles. The Morgan fingerprint density at radius 2 is 0.759 bits per heavy atom. The Balaban J connectivity index is 4.18. The Morgan fingerprint density at radius 3 is 1.07 bits per heavy atom. The van der Waals surface area contributed by atoms with E-state index >= 15 is 0 Å². The number of likely N-dealkylation sites (N-methyl/N-ethyl adjacent to an activating group) is 1. The number of rotatable bonds is 46. The molecule has 8 nitrogen and oxygen atoms in total. The van der Waals surface area contributed by atoms with E-state index in [4.69, 9.17) is 14.2 Å². The van der Waals surface area contributed by atoms with Gasteiger partial charge in [-0.15, -0.1) is 0 Å². The van der Waals surface area contributed by atoms with Gasteiger partial charge in [0.05, 0.1) is 34.4 Å². The van der Waals surface area contributed by atoms with Crippen LogP contribution in [0.4, 0.5) is 0 Å². The number of nitrogens with zero attached hydrogens (tertiary/aromatic N) is 1. The van der Waals surface area contributed by atoms with Gasteiger partial charge in [-0.1, -0.05) is 219 Å². The number of unbranched alkanes of at least 4 members (excludes halogenated alkanes) is 32. The quantitative estimate of drug-likeness (QED) is 0.0371. The maximum absolute atomic E-state index is 12.7. The topological polar surface area (TPSA) is 99.1 Å². The van der Waals surface area contributed by atoms with Crippen molar-refractivity contribution in [3.8, 4) is 0 Å². The number of aliphatic carboxylic acids is 1. The molecule has 0 aromatic rings. The first-order valence-corrected chi connectivity index (χ1v) is 25.1. The Morgan fingerprint density at radius 1 is 0.448 bits per heavy atom. The van der Waals surface area contributed by atoms with Crippen LogP contribution >= 0.6 is 0 Å². The summed E-state index contributed by atoms with van der Waals surface area (Å²) in [4.78, 5) is 37.1. The molecule has 0 radical (unpaired) electrons. The largest absolute Gasteiger partial charge is 0.477 e. The van der Waals surface area contributed by atoms with Crippen LogP contribution in [0.15, 0.2) is 0 Å². The minimum Gasteiger partial charge on any atom is -0.477 e. The molecule has 58 heavy (non-hydrogen) atoms. The lowest BCUT2D eigenvalue weighted by molar-refractivity contribution is -0.887. The molecule has 1 N–H and O–H groups in total. The summed E-state index contributed by atoms with van der Waals surface area (Å²) in [6.45, 7) is 4.79. The van der Waals surface area contributed by atoms with Crippen molar-refractivity contribution >= 4 is 17.9 Å². The van der Waals surface area contributed by atoms with Gasteiger partial charge in [-0.2, -0.15) is 0 Å². The van der Waals surface area contributed by atoms with Crippen molar-refractivity contribution in [2.75, 3.05) is 41.0 Å². The van der Waals surface area contributed by atoms with Gasteiger partial charge in [-0.05, 0) is 12.8 Å². The summed E-state index contributed by atoms with van der Waals surface area (Å²) < 4.78 is 17.4. The third kappa shape index (κ3) is 39.8. The summed E-state index contributed by atoms with van der Waals surface area (Å²) in [5.74, 6) is -1.44. The molecule has 0 aromatic heterocycles. The standard InChI is InChI=1S/C50H97NO7/c1-6-8-10-12-14-16-18-20-22-23-24-25-26-27-29-30-32-34-36-38-40-48(52)57-45-46(44-56-43-42-47(50(54)55)51(3,4)5)58-49(53)41-39-37-35-33-31-28-21-19-17-15-13-11-9-7-2/h46-47H,6-45H2,1-5H3/p+1. The average Bonchev–Trinajstić information content (AvgIpc) is 3.18. The highest BCUT2D eigenvalue weighted by Gasteiger charge is 2.31. The average molecular weight is 825 g/mol. The molecule has 0 aliphatic carbocycles. The molecule has 344 valence electrons. The highest BCUT2D eigenvalue weighted by molar-refractivity contribution is 5.72. The smallest absolute Gasteiger partial charge is 0.362 e. The summed E-state index contributed by atoms with van der Waals surface area (Å²) >= 11 is 0. The van der Waals surface area contributed by atoms with Crippen LogP contribution in [0.2, 0.25) is 0 Å². The van der Waals surface area contributed by atoms with Gasteiger partial charge in [-0.3, -0.25) is 9.59 Å². The van der Waals surface area contributed by atoms with Crippen molar-refractivity contribution in [2.24, 2.45) is 0 Å². The lowest BCUT2D eigenvalue weighted by atomic mass is 10.0. The molecule has 0 amide bonds. The third-order valence-corrected chi connectivity index (χ3v) is 11.8. The van der Waals surface area contributed by atoms with E-state index in [9.17, 15) is 19.5 Å². The number of carbonyl (C=O) groups excluding carboxylic acids is 2. The third-order valence-electron chi connectivity index (χ3n) is 11.8. The molecular weight excluding hydrogens is 727 g/mol. The summed E-state index contributed by atoms with van der Waals surface area (Å²) in [6, 6.07) is -0.608. The minimum atomic E-state index is -0.869. The van der Waals surface area contributed by atoms with Crippen LogP contribution in [-0.2, 0) is 28.6 Å². The number of hydrogen-bond acceptors (Lipinski definition) is 6. The van der Waals surface area contributed by atoms with Gasteiger partial charge < -0.3 is 23.8 Å². The molecule has 0 fully saturated rings. The maximum Gasteiger partial charge on any atom is 0.362 e. The Bertz CT molecular complexity index is 920. The fourth-order valence-corrected chi connectivity index (χ4v) is 7.86. The van der Waals surface area contributed by atoms with Crippen molar-refractivity contribution in [2.45, 2.75) is 264 Å². The Hall–Kier alpha value is -1.67. The summed E-state index contributed by atoms with van der Waals surface area (Å²) in [5.41, 5.74) is 0. The van der Waals surface area contributed by atoms with E-state index in [1.807, 2.05) is 21.1 Å². The van der Waals surface area contributed by atoms with Crippen LogP contribution in [0.5, 0.6) is 0 Å². The second kappa shape index (κ2) is 42.0. The minimum absolute atomic E-state index is 0.0415. The molecule has 2 atom stereocenters. The monoisotopic (exact) mass is 825 g/mol. The summed E-state index contributed by atoms with van der Waals surface area (Å²) in [6.07, 6.45) is 44.3. The lowest BCUT2D eigenvalue weighted by Crippen LogP contribution is -2.50. The molecule has 0 saturated carbocycles. The molecule has 8 heteroatoms. The Labute approximate surface area is 359 Å². The predicted octanol–water partition coefficient (Wildman–Crippen LogP) is 14.1. The first-order valence-electron chi connectivity index (χ1n) is 25.1. The normalized spacial score (nSPS) is 12.8. The van der Waals surface area contributed by atoms with Crippen LogP contribution in [-0.4, -0.2) is 80.6 Å². The van der Waals surface area contributed by atoms with Gasteiger partial charge in [0.25, 0.3) is 0 Å². The first-order chi connectivity index (χ1) is 28.1. The van der Waals surface area contributed by atoms with Gasteiger partial charge in [0.1, 0.15) is 6.61 Å². The number of quaternary nitrogens is 1. The van der Waals surface area contributed by atoms with Crippen molar-refractivity contribution in [1.29, 1.82) is 0 Å². The van der Waals surface area contributed by atoms with E-state index in [0.717, 1.165) is 38.5 Å². The molecular formula is C50H98NO7+. The molecule has 0 heterocycles. The van der Waals surface area contributed by atoms with Gasteiger partial charge in [0, 0.05) is 19.3 Å². The van der Waals surface area contributed by atoms with Crippen molar-refractivity contribution in [3.05, 3.63) is 0 Å². The zero-order valence-electron chi connectivity index (χ0n) is 39.3. The van der Waals surface area contributed by atoms with Crippen LogP contribution in [0.3, 0.4) is 0 Å². The Kier molecular flexibility index (Phi) is 40.8. The van der Waals surface area contributed by atoms with E-state index < -0.39 is 18.1 Å². The maximum atomic E-state index is 12.7. The lowest BCUT2D eigenvalue weighted by Gasteiger charge is -2.31. The molecule has 2 unspecified atom stereocenters. The van der Waals surface area contributed by atoms with Crippen molar-refractivity contribution in [1.82, 2.24) is 0 Å². The van der Waals surface area contributed by atoms with E-state index in [-0.39, 0.29) is 36.2 Å². The molecule has 0 bridgehead atoms. The van der Waals surface area contributed by atoms with Crippen LogP contribution < -0.4 is 0 Å². The van der Waals surface area contributed by atoms with Gasteiger partial charge in [-0.25, -0.2) is 4.79 Å². The highest BCUT2D eigenvalue weighted by Crippen LogP contribution is 2.17.